The van der Waals surface area contributed by atoms with E-state index in [-0.39, 0.29) is 24.0 Å². The molecule has 156 valence electrons. The van der Waals surface area contributed by atoms with Crippen LogP contribution in [0.15, 0.2) is 77.9 Å². The average molecular weight is 415 g/mol. The summed E-state index contributed by atoms with van der Waals surface area (Å²) < 4.78 is 3.08. The fourth-order valence-electron chi connectivity index (χ4n) is 3.45. The predicted molar refractivity (Wildman–Crippen MR) is 119 cm³/mol. The molecule has 0 spiro atoms. The molecular formula is C23H21N5O3. The maximum atomic E-state index is 12.7. The number of para-hydroxylation sites is 2. The number of nitrogens with one attached hydrogen (secondary N) is 2. The molecule has 0 aliphatic carbocycles. The highest BCUT2D eigenvalue weighted by Gasteiger charge is 2.15. The summed E-state index contributed by atoms with van der Waals surface area (Å²) >= 11 is 0. The van der Waals surface area contributed by atoms with Gasteiger partial charge in [-0.3, -0.25) is 23.7 Å². The minimum Gasteiger partial charge on any atom is -0.325 e. The highest BCUT2D eigenvalue weighted by Crippen LogP contribution is 2.15. The van der Waals surface area contributed by atoms with Gasteiger partial charge in [-0.1, -0.05) is 18.2 Å². The van der Waals surface area contributed by atoms with Crippen LogP contribution in [-0.4, -0.2) is 25.9 Å². The van der Waals surface area contributed by atoms with E-state index in [1.54, 1.807) is 53.4 Å². The van der Waals surface area contributed by atoms with Crippen LogP contribution in [0.5, 0.6) is 0 Å². The van der Waals surface area contributed by atoms with Crippen molar-refractivity contribution >= 4 is 34.2 Å². The summed E-state index contributed by atoms with van der Waals surface area (Å²) in [4.78, 5) is 41.8. The van der Waals surface area contributed by atoms with Crippen LogP contribution in [0, 0.1) is 0 Å². The smallest absolute Gasteiger partial charge is 0.325 e. The second kappa shape index (κ2) is 8.66. The molecule has 2 N–H and O–H groups in total. The molecule has 0 aliphatic heterocycles. The first-order chi connectivity index (χ1) is 15.1. The van der Waals surface area contributed by atoms with Crippen molar-refractivity contribution in [3.05, 3.63) is 89.1 Å². The van der Waals surface area contributed by atoms with Crippen LogP contribution in [0.1, 0.15) is 17.3 Å². The third-order valence-corrected chi connectivity index (χ3v) is 4.89. The zero-order chi connectivity index (χ0) is 21.8. The van der Waals surface area contributed by atoms with Gasteiger partial charge in [0.05, 0.1) is 11.0 Å². The van der Waals surface area contributed by atoms with E-state index in [1.807, 2.05) is 31.2 Å². The maximum Gasteiger partial charge on any atom is 0.329 e. The first-order valence-electron chi connectivity index (χ1n) is 9.86. The lowest BCUT2D eigenvalue weighted by Gasteiger charge is -2.09. The van der Waals surface area contributed by atoms with Gasteiger partial charge in [-0.2, -0.15) is 0 Å². The number of carbonyl (C=O) groups is 2. The second-order valence-electron chi connectivity index (χ2n) is 6.92. The number of anilines is 2. The third-order valence-electron chi connectivity index (χ3n) is 4.89. The number of hydrogen-bond donors (Lipinski definition) is 2. The summed E-state index contributed by atoms with van der Waals surface area (Å²) in [6.45, 7) is 2.28. The van der Waals surface area contributed by atoms with Crippen molar-refractivity contribution in [3.8, 4) is 0 Å². The van der Waals surface area contributed by atoms with E-state index in [1.165, 1.54) is 4.57 Å². The fourth-order valence-corrected chi connectivity index (χ4v) is 3.45. The molecule has 8 heteroatoms. The van der Waals surface area contributed by atoms with E-state index in [0.717, 1.165) is 5.52 Å². The summed E-state index contributed by atoms with van der Waals surface area (Å²) in [5.74, 6) is -0.655. The summed E-state index contributed by atoms with van der Waals surface area (Å²) in [5, 5.41) is 5.55. The monoisotopic (exact) mass is 415 g/mol. The van der Waals surface area contributed by atoms with E-state index in [9.17, 15) is 14.4 Å². The molecule has 0 bridgehead atoms. The molecule has 2 amide bonds. The second-order valence-corrected chi connectivity index (χ2v) is 6.92. The van der Waals surface area contributed by atoms with Gasteiger partial charge in [-0.15, -0.1) is 0 Å². The molecular weight excluding hydrogens is 394 g/mol. The van der Waals surface area contributed by atoms with Crippen LogP contribution in [0.4, 0.5) is 11.4 Å². The Labute approximate surface area is 178 Å². The van der Waals surface area contributed by atoms with Gasteiger partial charge in [0.25, 0.3) is 5.91 Å². The molecule has 2 aromatic heterocycles. The van der Waals surface area contributed by atoms with Gasteiger partial charge in [0, 0.05) is 35.9 Å². The van der Waals surface area contributed by atoms with Crippen LogP contribution >= 0.6 is 0 Å². The fraction of sp³-hybridized carbons (Fsp3) is 0.130. The van der Waals surface area contributed by atoms with Crippen molar-refractivity contribution in [2.45, 2.75) is 20.0 Å². The third kappa shape index (κ3) is 4.23. The Morgan fingerprint density at radius 2 is 1.58 bits per heavy atom. The first kappa shape index (κ1) is 20.1. The molecule has 0 aliphatic rings. The summed E-state index contributed by atoms with van der Waals surface area (Å²) in [6, 6.07) is 17.4. The molecule has 2 heterocycles. The Morgan fingerprint density at radius 3 is 2.29 bits per heavy atom. The largest absolute Gasteiger partial charge is 0.329 e. The Balaban J connectivity index is 1.51. The number of nitrogens with zero attached hydrogens (tertiary/aromatic N) is 3. The van der Waals surface area contributed by atoms with Gasteiger partial charge in [0.2, 0.25) is 5.91 Å². The van der Waals surface area contributed by atoms with E-state index < -0.39 is 0 Å². The molecule has 0 saturated carbocycles. The molecule has 2 aromatic carbocycles. The van der Waals surface area contributed by atoms with Crippen LogP contribution in [0.2, 0.25) is 0 Å². The van der Waals surface area contributed by atoms with Gasteiger partial charge >= 0.3 is 5.69 Å². The molecule has 0 atom stereocenters. The Morgan fingerprint density at radius 1 is 0.871 bits per heavy atom. The summed E-state index contributed by atoms with van der Waals surface area (Å²) in [6.07, 6.45) is 3.17. The number of rotatable bonds is 6. The predicted octanol–water partition coefficient (Wildman–Crippen LogP) is 3.11. The van der Waals surface area contributed by atoms with Crippen molar-refractivity contribution in [3.63, 3.8) is 0 Å². The van der Waals surface area contributed by atoms with Gasteiger partial charge in [0.15, 0.2) is 0 Å². The lowest BCUT2D eigenvalue weighted by Crippen LogP contribution is -2.29. The number of amides is 2. The highest BCUT2D eigenvalue weighted by molar-refractivity contribution is 6.05. The number of fused-ring (bicyclic) bond motifs is 1. The standard InChI is InChI=1S/C23H21N5O3/c1-2-27-19-8-3-4-9-20(19)28(23(27)31)15-21(29)25-18-7-5-6-16(14-18)22(30)26-17-10-12-24-13-11-17/h3-14H,2,15H2,1H3,(H,25,29)(H,24,26,30). The van der Waals surface area contributed by atoms with E-state index in [4.69, 9.17) is 0 Å². The first-order valence-corrected chi connectivity index (χ1v) is 9.86. The minimum atomic E-state index is -0.354. The Bertz CT molecular complexity index is 1310. The summed E-state index contributed by atoms with van der Waals surface area (Å²) in [5.41, 5.74) is 2.76. The highest BCUT2D eigenvalue weighted by atomic mass is 16.2. The number of carbonyl (C=O) groups excluding carboxylic acids is 2. The maximum absolute atomic E-state index is 12.7. The van der Waals surface area contributed by atoms with Gasteiger partial charge in [-0.25, -0.2) is 4.79 Å². The molecule has 8 nitrogen and oxygen atoms in total. The van der Waals surface area contributed by atoms with Crippen molar-refractivity contribution in [1.82, 2.24) is 14.1 Å². The number of benzene rings is 2. The van der Waals surface area contributed by atoms with E-state index >= 15 is 0 Å². The SMILES string of the molecule is CCn1c(=O)n(CC(=O)Nc2cccc(C(=O)Nc3ccncc3)c2)c2ccccc21. The molecule has 0 unspecified atom stereocenters. The number of aryl methyl sites for hydroxylation is 1. The van der Waals surface area contributed by atoms with Crippen LogP contribution in [0.3, 0.4) is 0 Å². The van der Waals surface area contributed by atoms with Crippen molar-refractivity contribution in [2.75, 3.05) is 10.6 Å². The van der Waals surface area contributed by atoms with Crippen LogP contribution in [-0.2, 0) is 17.9 Å². The van der Waals surface area contributed by atoms with Crippen molar-refractivity contribution in [2.24, 2.45) is 0 Å². The minimum absolute atomic E-state index is 0.125. The lowest BCUT2D eigenvalue weighted by molar-refractivity contribution is -0.116. The van der Waals surface area contributed by atoms with Gasteiger partial charge in [-0.05, 0) is 49.4 Å². The van der Waals surface area contributed by atoms with E-state index in [2.05, 4.69) is 15.6 Å². The Kier molecular flexibility index (Phi) is 5.61. The molecule has 31 heavy (non-hydrogen) atoms. The number of hydrogen-bond acceptors (Lipinski definition) is 4. The van der Waals surface area contributed by atoms with Gasteiger partial charge < -0.3 is 10.6 Å². The molecule has 4 rings (SSSR count). The number of aromatic nitrogens is 3. The normalized spacial score (nSPS) is 10.7. The number of pyridine rings is 1. The van der Waals surface area contributed by atoms with Crippen molar-refractivity contribution in [1.29, 1.82) is 0 Å². The van der Waals surface area contributed by atoms with Gasteiger partial charge in [0.1, 0.15) is 6.54 Å². The zero-order valence-electron chi connectivity index (χ0n) is 16.9. The summed E-state index contributed by atoms with van der Waals surface area (Å²) in [7, 11) is 0. The lowest BCUT2D eigenvalue weighted by atomic mass is 10.2. The average Bonchev–Trinajstić information content (AvgIpc) is 3.05. The number of imidazole rings is 1. The van der Waals surface area contributed by atoms with Crippen LogP contribution in [0.25, 0.3) is 11.0 Å². The zero-order valence-corrected chi connectivity index (χ0v) is 16.9. The van der Waals surface area contributed by atoms with Crippen molar-refractivity contribution < 1.29 is 9.59 Å². The van der Waals surface area contributed by atoms with Crippen LogP contribution < -0.4 is 16.3 Å². The van der Waals surface area contributed by atoms with E-state index in [0.29, 0.717) is 29.0 Å². The molecule has 0 radical (unpaired) electrons. The molecule has 0 saturated heterocycles. The molecule has 0 fully saturated rings. The Hall–Kier alpha value is -4.20. The topological polar surface area (TPSA) is 98.0 Å². The molecule has 4 aromatic rings. The quantitative estimate of drug-likeness (QED) is 0.506.